The number of hydrogen-bond acceptors (Lipinski definition) is 4. The smallest absolute Gasteiger partial charge is 0.289 e. The lowest BCUT2D eigenvalue weighted by Crippen LogP contribution is -2.29. The number of carbonyl (C=O) groups is 2. The Hall–Kier alpha value is -2.57. The molecular weight excluding hydrogens is 365 g/mol. The zero-order chi connectivity index (χ0) is 19.6. The van der Waals surface area contributed by atoms with Crippen LogP contribution < -0.4 is 5.48 Å². The number of carbonyl (C=O) groups excluding carboxylic acids is 2. The second-order valence-electron chi connectivity index (χ2n) is 6.46. The van der Waals surface area contributed by atoms with Crippen LogP contribution in [0.25, 0.3) is 17.2 Å². The van der Waals surface area contributed by atoms with Gasteiger partial charge in [-0.15, -0.1) is 11.3 Å². The van der Waals surface area contributed by atoms with Crippen LogP contribution in [0.1, 0.15) is 41.8 Å². The third-order valence-electron chi connectivity index (χ3n) is 4.43. The number of halogens is 1. The van der Waals surface area contributed by atoms with Crippen LogP contribution in [0.2, 0.25) is 0 Å². The summed E-state index contributed by atoms with van der Waals surface area (Å²) in [6, 6.07) is 6.91. The molecule has 0 fully saturated rings. The zero-order valence-corrected chi connectivity index (χ0v) is 16.2. The van der Waals surface area contributed by atoms with Crippen LogP contribution in [0.5, 0.6) is 0 Å². The Kier molecular flexibility index (Phi) is 5.68. The minimum atomic E-state index is -0.785. The lowest BCUT2D eigenvalue weighted by atomic mass is 10.0. The Bertz CT molecular complexity index is 972. The topological polar surface area (TPSA) is 55.4 Å². The maximum atomic E-state index is 13.8. The van der Waals surface area contributed by atoms with Crippen molar-refractivity contribution >= 4 is 40.2 Å². The Morgan fingerprint density at radius 3 is 2.67 bits per heavy atom. The zero-order valence-electron chi connectivity index (χ0n) is 15.4. The molecule has 3 rings (SSSR count). The first-order chi connectivity index (χ1) is 12.9. The van der Waals surface area contributed by atoms with Gasteiger partial charge in [-0.1, -0.05) is 6.07 Å². The molecule has 0 radical (unpaired) electrons. The van der Waals surface area contributed by atoms with Gasteiger partial charge in [0, 0.05) is 11.8 Å². The molecule has 140 valence electrons. The quantitative estimate of drug-likeness (QED) is 0.451. The van der Waals surface area contributed by atoms with E-state index in [-0.39, 0.29) is 12.4 Å². The molecule has 2 aromatic rings. The number of Topliss-reactive ketones (excluding diaryl/α,β-unsaturated/α-hetero) is 1. The molecule has 4 nitrogen and oxygen atoms in total. The first-order valence-electron chi connectivity index (χ1n) is 8.56. The highest BCUT2D eigenvalue weighted by atomic mass is 32.1. The normalized spacial score (nSPS) is 14.6. The Morgan fingerprint density at radius 1 is 1.22 bits per heavy atom. The van der Waals surface area contributed by atoms with Crippen molar-refractivity contribution in [3.63, 3.8) is 0 Å². The van der Waals surface area contributed by atoms with Crippen LogP contribution >= 0.6 is 11.3 Å². The molecule has 0 aliphatic heterocycles. The Morgan fingerprint density at radius 2 is 2.00 bits per heavy atom. The lowest BCUT2D eigenvalue weighted by Gasteiger charge is -2.07. The van der Waals surface area contributed by atoms with Gasteiger partial charge in [0.2, 0.25) is 5.78 Å². The van der Waals surface area contributed by atoms with E-state index in [2.05, 4.69) is 29.9 Å². The predicted molar refractivity (Wildman–Crippen MR) is 105 cm³/mol. The number of thiophene rings is 1. The fourth-order valence-electron chi connectivity index (χ4n) is 3.09. The summed E-state index contributed by atoms with van der Waals surface area (Å²) in [5.74, 6) is -1.69. The molecule has 0 atom stereocenters. The molecule has 27 heavy (non-hydrogen) atoms. The van der Waals surface area contributed by atoms with Crippen LogP contribution in [0.4, 0.5) is 4.39 Å². The summed E-state index contributed by atoms with van der Waals surface area (Å²) in [5, 5.41) is 2.10. The van der Waals surface area contributed by atoms with Crippen molar-refractivity contribution in [2.24, 2.45) is 0 Å². The summed E-state index contributed by atoms with van der Waals surface area (Å²) in [4.78, 5) is 28.4. The molecule has 1 amide bonds. The maximum Gasteiger partial charge on any atom is 0.310 e. The molecule has 1 aromatic heterocycles. The Balaban J connectivity index is 1.85. The van der Waals surface area contributed by atoms with Crippen molar-refractivity contribution in [1.29, 1.82) is 0 Å². The molecule has 6 heteroatoms. The van der Waals surface area contributed by atoms with Gasteiger partial charge in [0.15, 0.2) is 0 Å². The highest BCUT2D eigenvalue weighted by Crippen LogP contribution is 2.44. The molecule has 1 aliphatic rings. The first kappa shape index (κ1) is 19.2. The number of hydroxylamine groups is 1. The average Bonchev–Trinajstić information content (AvgIpc) is 3.14. The number of allylic oxidation sites excluding steroid dienone is 2. The molecule has 0 saturated heterocycles. The van der Waals surface area contributed by atoms with Crippen molar-refractivity contribution in [2.75, 3.05) is 6.61 Å². The highest BCUT2D eigenvalue weighted by molar-refractivity contribution is 7.11. The minimum Gasteiger partial charge on any atom is -0.289 e. The van der Waals surface area contributed by atoms with Crippen molar-refractivity contribution in [1.82, 2.24) is 5.48 Å². The van der Waals surface area contributed by atoms with E-state index in [1.165, 1.54) is 24.6 Å². The lowest BCUT2D eigenvalue weighted by molar-refractivity contribution is -0.144. The minimum absolute atomic E-state index is 0.188. The first-order valence-corrected chi connectivity index (χ1v) is 9.44. The molecule has 0 bridgehead atoms. The summed E-state index contributed by atoms with van der Waals surface area (Å²) in [6.45, 7) is 5.42. The van der Waals surface area contributed by atoms with Gasteiger partial charge in [-0.3, -0.25) is 14.4 Å². The third-order valence-corrected chi connectivity index (χ3v) is 5.43. The van der Waals surface area contributed by atoms with Gasteiger partial charge < -0.3 is 0 Å². The van der Waals surface area contributed by atoms with E-state index in [1.54, 1.807) is 17.4 Å². The second kappa shape index (κ2) is 7.98. The van der Waals surface area contributed by atoms with Crippen LogP contribution in [0.3, 0.4) is 0 Å². The van der Waals surface area contributed by atoms with E-state index in [1.807, 2.05) is 6.92 Å². The fourth-order valence-corrected chi connectivity index (χ4v) is 3.92. The largest absolute Gasteiger partial charge is 0.310 e. The van der Waals surface area contributed by atoms with Crippen LogP contribution in [0.15, 0.2) is 35.2 Å². The molecule has 1 aliphatic carbocycles. The summed E-state index contributed by atoms with van der Waals surface area (Å²) in [5.41, 5.74) is 8.25. The van der Waals surface area contributed by atoms with Crippen molar-refractivity contribution in [3.05, 3.63) is 62.6 Å². The van der Waals surface area contributed by atoms with Gasteiger partial charge in [0.05, 0.1) is 6.61 Å². The van der Waals surface area contributed by atoms with Crippen LogP contribution in [-0.4, -0.2) is 18.3 Å². The molecule has 1 aromatic carbocycles. The van der Waals surface area contributed by atoms with E-state index in [0.29, 0.717) is 6.42 Å². The number of ketones is 1. The number of fused-ring (bicyclic) bond motifs is 1. The van der Waals surface area contributed by atoms with Gasteiger partial charge in [0.1, 0.15) is 5.82 Å². The van der Waals surface area contributed by atoms with E-state index in [4.69, 9.17) is 4.84 Å². The van der Waals surface area contributed by atoms with Gasteiger partial charge in [0.25, 0.3) is 0 Å². The SMILES string of the molecule is CC(=O)C(=O)NOCCC1=C(C)C(=Cc2cc(C)cs2)c2ccc(F)cc21. The number of amides is 1. The van der Waals surface area contributed by atoms with E-state index >= 15 is 0 Å². The molecule has 0 saturated carbocycles. The van der Waals surface area contributed by atoms with Gasteiger partial charge in [-0.05, 0) is 83.3 Å². The molecule has 1 heterocycles. The van der Waals surface area contributed by atoms with Crippen molar-refractivity contribution in [3.8, 4) is 0 Å². The number of benzene rings is 1. The maximum absolute atomic E-state index is 13.8. The van der Waals surface area contributed by atoms with Gasteiger partial charge in [-0.25, -0.2) is 9.87 Å². The Labute approximate surface area is 161 Å². The van der Waals surface area contributed by atoms with Crippen molar-refractivity contribution < 1.29 is 18.8 Å². The number of nitrogens with one attached hydrogen (secondary N) is 1. The van der Waals surface area contributed by atoms with Crippen LogP contribution in [0, 0.1) is 12.7 Å². The summed E-state index contributed by atoms with van der Waals surface area (Å²) < 4.78 is 13.8. The summed E-state index contributed by atoms with van der Waals surface area (Å²) in [6.07, 6.45) is 2.61. The monoisotopic (exact) mass is 385 g/mol. The third kappa shape index (κ3) is 4.23. The molecule has 0 spiro atoms. The number of aryl methyl sites for hydroxylation is 1. The average molecular weight is 385 g/mol. The standard InChI is InChI=1S/C21H20FNO3S/c1-12-8-16(27-11-12)10-19-13(2)17(6-7-26-23-21(25)14(3)24)20-9-15(22)4-5-18(19)20/h4-5,8-11H,6-7H2,1-3H3,(H,23,25). The van der Waals surface area contributed by atoms with Gasteiger partial charge in [-0.2, -0.15) is 0 Å². The van der Waals surface area contributed by atoms with E-state index < -0.39 is 11.7 Å². The molecular formula is C21H20FNO3S. The summed E-state index contributed by atoms with van der Waals surface area (Å²) >= 11 is 1.67. The molecule has 1 N–H and O–H groups in total. The van der Waals surface area contributed by atoms with Gasteiger partial charge >= 0.3 is 5.91 Å². The van der Waals surface area contributed by atoms with Crippen molar-refractivity contribution in [2.45, 2.75) is 27.2 Å². The molecule has 0 unspecified atom stereocenters. The predicted octanol–water partition coefficient (Wildman–Crippen LogP) is 4.55. The number of hydrogen-bond donors (Lipinski definition) is 1. The fraction of sp³-hybridized carbons (Fsp3) is 0.238. The van der Waals surface area contributed by atoms with E-state index in [0.717, 1.165) is 32.7 Å². The van der Waals surface area contributed by atoms with Crippen LogP contribution in [-0.2, 0) is 14.4 Å². The van der Waals surface area contributed by atoms with E-state index in [9.17, 15) is 14.0 Å². The summed E-state index contributed by atoms with van der Waals surface area (Å²) in [7, 11) is 0. The number of rotatable bonds is 6. The highest BCUT2D eigenvalue weighted by Gasteiger charge is 2.24. The second-order valence-corrected chi connectivity index (χ2v) is 7.41.